The largest absolute Gasteiger partial charge is 0.349 e. The van der Waals surface area contributed by atoms with Gasteiger partial charge in [-0.3, -0.25) is 14.5 Å². The molecular formula is C27H26N2O2. The first kappa shape index (κ1) is 19.7. The number of hydrogen-bond donors (Lipinski definition) is 1. The van der Waals surface area contributed by atoms with Crippen molar-refractivity contribution in [3.63, 3.8) is 0 Å². The second-order valence-corrected chi connectivity index (χ2v) is 8.59. The van der Waals surface area contributed by atoms with Crippen LogP contribution in [0, 0.1) is 6.92 Å². The molecule has 0 spiro atoms. The maximum atomic E-state index is 12.9. The molecule has 1 heterocycles. The Balaban J connectivity index is 1.21. The molecule has 1 saturated heterocycles. The molecule has 0 radical (unpaired) electrons. The van der Waals surface area contributed by atoms with Crippen LogP contribution in [0.4, 0.5) is 0 Å². The van der Waals surface area contributed by atoms with E-state index in [2.05, 4.69) is 41.4 Å². The van der Waals surface area contributed by atoms with Crippen LogP contribution < -0.4 is 5.32 Å². The minimum absolute atomic E-state index is 0.00441. The lowest BCUT2D eigenvalue weighted by Crippen LogP contribution is -2.44. The molecular weight excluding hydrogens is 384 g/mol. The summed E-state index contributed by atoms with van der Waals surface area (Å²) in [6.07, 6.45) is 1.87. The van der Waals surface area contributed by atoms with Gasteiger partial charge in [0.2, 0.25) is 0 Å². The van der Waals surface area contributed by atoms with E-state index in [0.29, 0.717) is 11.1 Å². The lowest BCUT2D eigenvalue weighted by atomic mass is 10.0. The molecule has 1 amide bonds. The number of hydrogen-bond acceptors (Lipinski definition) is 3. The number of carbonyl (C=O) groups excluding carboxylic acids is 2. The quantitative estimate of drug-likeness (QED) is 0.535. The number of aryl methyl sites for hydroxylation is 1. The Bertz CT molecular complexity index is 1160. The Morgan fingerprint density at radius 1 is 0.903 bits per heavy atom. The van der Waals surface area contributed by atoms with Crippen LogP contribution in [0.25, 0.3) is 11.1 Å². The average molecular weight is 411 g/mol. The van der Waals surface area contributed by atoms with Crippen LogP contribution in [0.5, 0.6) is 0 Å². The van der Waals surface area contributed by atoms with Crippen molar-refractivity contribution in [3.05, 3.63) is 94.5 Å². The standard InChI is InChI=1S/C27H26N2O2/c1-18-6-2-3-7-20(18)17-29-14-12-21(13-15-29)28-27(31)19-10-11-23-22-8-4-5-9-24(22)26(30)25(23)16-19/h2-11,16,21H,12-15,17H2,1H3,(H,28,31). The number of amides is 1. The molecule has 0 atom stereocenters. The van der Waals surface area contributed by atoms with Gasteiger partial charge in [0.15, 0.2) is 5.78 Å². The Morgan fingerprint density at radius 3 is 2.35 bits per heavy atom. The third-order valence-corrected chi connectivity index (χ3v) is 6.57. The molecule has 0 aromatic heterocycles. The van der Waals surface area contributed by atoms with E-state index in [1.807, 2.05) is 36.4 Å². The third kappa shape index (κ3) is 3.79. The summed E-state index contributed by atoms with van der Waals surface area (Å²) in [4.78, 5) is 28.1. The summed E-state index contributed by atoms with van der Waals surface area (Å²) < 4.78 is 0. The molecule has 1 fully saturated rings. The fourth-order valence-corrected chi connectivity index (χ4v) is 4.70. The van der Waals surface area contributed by atoms with E-state index in [0.717, 1.165) is 49.2 Å². The van der Waals surface area contributed by atoms with E-state index in [1.54, 1.807) is 6.07 Å². The minimum atomic E-state index is -0.0936. The zero-order chi connectivity index (χ0) is 21.4. The predicted octanol–water partition coefficient (Wildman–Crippen LogP) is 4.60. The number of likely N-dealkylation sites (tertiary alicyclic amines) is 1. The fraction of sp³-hybridized carbons (Fsp3) is 0.259. The number of ketones is 1. The summed E-state index contributed by atoms with van der Waals surface area (Å²) in [7, 11) is 0. The smallest absolute Gasteiger partial charge is 0.251 e. The summed E-state index contributed by atoms with van der Waals surface area (Å²) in [6, 6.07) is 21.8. The van der Waals surface area contributed by atoms with Gasteiger partial charge in [-0.05, 0) is 54.2 Å². The highest BCUT2D eigenvalue weighted by Crippen LogP contribution is 2.36. The lowest BCUT2D eigenvalue weighted by molar-refractivity contribution is 0.0909. The highest BCUT2D eigenvalue weighted by molar-refractivity contribution is 6.22. The van der Waals surface area contributed by atoms with Crippen LogP contribution >= 0.6 is 0 Å². The lowest BCUT2D eigenvalue weighted by Gasteiger charge is -2.32. The Kier molecular flexibility index (Phi) is 5.16. The van der Waals surface area contributed by atoms with E-state index in [1.165, 1.54) is 11.1 Å². The SMILES string of the molecule is Cc1ccccc1CN1CCC(NC(=O)c2ccc3c(c2)C(=O)c2ccccc2-3)CC1. The van der Waals surface area contributed by atoms with Crippen molar-refractivity contribution in [1.29, 1.82) is 0 Å². The van der Waals surface area contributed by atoms with Crippen LogP contribution in [-0.4, -0.2) is 35.7 Å². The first-order chi connectivity index (χ1) is 15.1. The number of piperidine rings is 1. The first-order valence-electron chi connectivity index (χ1n) is 11.0. The van der Waals surface area contributed by atoms with Gasteiger partial charge in [0.25, 0.3) is 5.91 Å². The van der Waals surface area contributed by atoms with E-state index < -0.39 is 0 Å². The number of benzene rings is 3. The molecule has 5 rings (SSSR count). The van der Waals surface area contributed by atoms with Crippen LogP contribution in [-0.2, 0) is 6.54 Å². The number of rotatable bonds is 4. The molecule has 1 aliphatic carbocycles. The summed E-state index contributed by atoms with van der Waals surface area (Å²) in [5.74, 6) is -0.0892. The molecule has 3 aromatic rings. The van der Waals surface area contributed by atoms with Crippen molar-refractivity contribution in [2.45, 2.75) is 32.4 Å². The molecule has 4 heteroatoms. The third-order valence-electron chi connectivity index (χ3n) is 6.57. The van der Waals surface area contributed by atoms with E-state index >= 15 is 0 Å². The number of nitrogens with zero attached hydrogens (tertiary/aromatic N) is 1. The molecule has 1 N–H and O–H groups in total. The van der Waals surface area contributed by atoms with Crippen LogP contribution in [0.2, 0.25) is 0 Å². The summed E-state index contributed by atoms with van der Waals surface area (Å²) in [6.45, 7) is 5.05. The molecule has 3 aromatic carbocycles. The highest BCUT2D eigenvalue weighted by atomic mass is 16.1. The molecule has 31 heavy (non-hydrogen) atoms. The van der Waals surface area contributed by atoms with Crippen LogP contribution in [0.15, 0.2) is 66.7 Å². The Hall–Kier alpha value is -3.24. The highest BCUT2D eigenvalue weighted by Gasteiger charge is 2.28. The number of fused-ring (bicyclic) bond motifs is 3. The van der Waals surface area contributed by atoms with Crippen molar-refractivity contribution in [2.75, 3.05) is 13.1 Å². The molecule has 1 aliphatic heterocycles. The van der Waals surface area contributed by atoms with Gasteiger partial charge in [-0.2, -0.15) is 0 Å². The first-order valence-corrected chi connectivity index (χ1v) is 11.0. The topological polar surface area (TPSA) is 49.4 Å². The summed E-state index contributed by atoms with van der Waals surface area (Å²) in [5, 5.41) is 3.18. The van der Waals surface area contributed by atoms with E-state index in [4.69, 9.17) is 0 Å². The van der Waals surface area contributed by atoms with Gasteiger partial charge in [0.1, 0.15) is 0 Å². The number of nitrogens with one attached hydrogen (secondary N) is 1. The van der Waals surface area contributed by atoms with Crippen molar-refractivity contribution < 1.29 is 9.59 Å². The normalized spacial score (nSPS) is 16.1. The van der Waals surface area contributed by atoms with Gasteiger partial charge in [-0.1, -0.05) is 54.6 Å². The molecule has 156 valence electrons. The molecule has 0 saturated carbocycles. The zero-order valence-electron chi connectivity index (χ0n) is 17.7. The molecule has 0 bridgehead atoms. The Labute approximate surface area is 182 Å². The fourth-order valence-electron chi connectivity index (χ4n) is 4.70. The van der Waals surface area contributed by atoms with Gasteiger partial charge in [0.05, 0.1) is 0 Å². The van der Waals surface area contributed by atoms with E-state index in [9.17, 15) is 9.59 Å². The summed E-state index contributed by atoms with van der Waals surface area (Å²) in [5.41, 5.74) is 6.47. The van der Waals surface area contributed by atoms with Crippen molar-refractivity contribution in [2.24, 2.45) is 0 Å². The molecule has 0 unspecified atom stereocenters. The Morgan fingerprint density at radius 2 is 1.58 bits per heavy atom. The van der Waals surface area contributed by atoms with Gasteiger partial charge >= 0.3 is 0 Å². The van der Waals surface area contributed by atoms with Crippen molar-refractivity contribution >= 4 is 11.7 Å². The average Bonchev–Trinajstić information content (AvgIpc) is 3.08. The summed E-state index contributed by atoms with van der Waals surface area (Å²) >= 11 is 0. The van der Waals surface area contributed by atoms with Gasteiger partial charge in [-0.15, -0.1) is 0 Å². The van der Waals surface area contributed by atoms with Gasteiger partial charge < -0.3 is 5.32 Å². The van der Waals surface area contributed by atoms with Crippen molar-refractivity contribution in [1.82, 2.24) is 10.2 Å². The van der Waals surface area contributed by atoms with Crippen LogP contribution in [0.3, 0.4) is 0 Å². The minimum Gasteiger partial charge on any atom is -0.349 e. The maximum Gasteiger partial charge on any atom is 0.251 e. The van der Waals surface area contributed by atoms with E-state index in [-0.39, 0.29) is 17.7 Å². The molecule has 4 nitrogen and oxygen atoms in total. The predicted molar refractivity (Wildman–Crippen MR) is 122 cm³/mol. The van der Waals surface area contributed by atoms with Gasteiger partial charge in [-0.25, -0.2) is 0 Å². The molecule has 2 aliphatic rings. The number of carbonyl (C=O) groups is 2. The maximum absolute atomic E-state index is 12.9. The van der Waals surface area contributed by atoms with Gasteiger partial charge in [0, 0.05) is 42.4 Å². The van der Waals surface area contributed by atoms with Crippen LogP contribution in [0.1, 0.15) is 50.2 Å². The van der Waals surface area contributed by atoms with Crippen molar-refractivity contribution in [3.8, 4) is 11.1 Å². The second-order valence-electron chi connectivity index (χ2n) is 8.59. The zero-order valence-corrected chi connectivity index (χ0v) is 17.7. The monoisotopic (exact) mass is 410 g/mol. The second kappa shape index (κ2) is 8.12.